The molecule has 1 aromatic carbocycles. The van der Waals surface area contributed by atoms with E-state index in [9.17, 15) is 9.90 Å². The van der Waals surface area contributed by atoms with Gasteiger partial charge in [-0.25, -0.2) is 0 Å². The van der Waals surface area contributed by atoms with Crippen LogP contribution in [-0.2, 0) is 14.0 Å². The Morgan fingerprint density at radius 2 is 1.91 bits per heavy atom. The smallest absolute Gasteiger partial charge is 0.316 e. The molecular formula is C27H40O4SSi. The van der Waals surface area contributed by atoms with E-state index in [0.29, 0.717) is 19.6 Å². The topological polar surface area (TPSA) is 55.8 Å². The van der Waals surface area contributed by atoms with Crippen LogP contribution in [0.1, 0.15) is 47.0 Å². The van der Waals surface area contributed by atoms with Gasteiger partial charge in [0.15, 0.2) is 8.32 Å². The Hall–Kier alpha value is -1.08. The van der Waals surface area contributed by atoms with Crippen LogP contribution in [0.4, 0.5) is 0 Å². The highest BCUT2D eigenvalue weighted by molar-refractivity contribution is 8.00. The number of fused-ring (bicyclic) bond motifs is 1. The largest absolute Gasteiger partial charge is 0.465 e. The monoisotopic (exact) mass is 488 g/mol. The van der Waals surface area contributed by atoms with Crippen molar-refractivity contribution in [3.63, 3.8) is 0 Å². The average molecular weight is 489 g/mol. The molecule has 0 saturated heterocycles. The summed E-state index contributed by atoms with van der Waals surface area (Å²) in [6.45, 7) is 18.4. The molecule has 4 aliphatic rings. The fourth-order valence-corrected chi connectivity index (χ4v) is 9.26. The summed E-state index contributed by atoms with van der Waals surface area (Å²) in [5.41, 5.74) is 0.155. The lowest BCUT2D eigenvalue weighted by atomic mass is 9.49. The lowest BCUT2D eigenvalue weighted by Crippen LogP contribution is -2.66. The van der Waals surface area contributed by atoms with E-state index in [1.165, 1.54) is 0 Å². The molecule has 4 saturated carbocycles. The highest BCUT2D eigenvalue weighted by Gasteiger charge is 2.76. The minimum Gasteiger partial charge on any atom is -0.465 e. The van der Waals surface area contributed by atoms with Crippen LogP contribution in [0.3, 0.4) is 0 Å². The first-order valence-electron chi connectivity index (χ1n) is 12.3. The summed E-state index contributed by atoms with van der Waals surface area (Å²) in [4.78, 5) is 14.9. The van der Waals surface area contributed by atoms with Gasteiger partial charge in [0.05, 0.1) is 22.9 Å². The quantitative estimate of drug-likeness (QED) is 0.287. The highest BCUT2D eigenvalue weighted by Crippen LogP contribution is 2.74. The number of benzene rings is 1. The Kier molecular flexibility index (Phi) is 6.48. The average Bonchev–Trinajstić information content (AvgIpc) is 2.98. The van der Waals surface area contributed by atoms with Gasteiger partial charge in [0.2, 0.25) is 0 Å². The molecule has 0 amide bonds. The molecule has 33 heavy (non-hydrogen) atoms. The minimum atomic E-state index is -2.02. The SMILES string of the molecule is C=C1C[C@]2(Sc3ccccc3)C(O)[C@H]3CC[C@@H]2[C@]1(C(=O)OCC)[C@H]3CO[Si](C)(C)C(C)(C)C. The molecule has 5 rings (SSSR count). The number of aliphatic hydroxyl groups excluding tert-OH is 1. The second kappa shape index (κ2) is 8.54. The van der Waals surface area contributed by atoms with E-state index in [1.54, 1.807) is 11.8 Å². The van der Waals surface area contributed by atoms with Crippen LogP contribution < -0.4 is 0 Å². The van der Waals surface area contributed by atoms with Crippen LogP contribution in [0.15, 0.2) is 47.4 Å². The molecule has 4 fully saturated rings. The number of rotatable bonds is 7. The maximum absolute atomic E-state index is 13.8. The van der Waals surface area contributed by atoms with E-state index < -0.39 is 24.6 Å². The highest BCUT2D eigenvalue weighted by atomic mass is 32.2. The summed E-state index contributed by atoms with van der Waals surface area (Å²) in [7, 11) is -2.02. The first-order valence-corrected chi connectivity index (χ1v) is 16.1. The van der Waals surface area contributed by atoms with Crippen LogP contribution in [0.5, 0.6) is 0 Å². The Balaban J connectivity index is 1.76. The van der Waals surface area contributed by atoms with Gasteiger partial charge in [0.25, 0.3) is 0 Å². The van der Waals surface area contributed by atoms with Crippen molar-refractivity contribution in [2.45, 2.75) is 80.8 Å². The number of carbonyl (C=O) groups is 1. The zero-order chi connectivity index (χ0) is 24.2. The van der Waals surface area contributed by atoms with E-state index in [4.69, 9.17) is 9.16 Å². The first kappa shape index (κ1) is 25.0. The van der Waals surface area contributed by atoms with Crippen LogP contribution in [0, 0.1) is 23.2 Å². The summed E-state index contributed by atoms with van der Waals surface area (Å²) < 4.78 is 12.0. The van der Waals surface area contributed by atoms with Crippen molar-refractivity contribution >= 4 is 26.0 Å². The van der Waals surface area contributed by atoms with Crippen molar-refractivity contribution in [1.29, 1.82) is 0 Å². The van der Waals surface area contributed by atoms with E-state index >= 15 is 0 Å². The third-order valence-corrected chi connectivity index (χ3v) is 15.2. The maximum Gasteiger partial charge on any atom is 0.316 e. The molecule has 0 spiro atoms. The summed E-state index contributed by atoms with van der Waals surface area (Å²) in [5, 5.41) is 11.9. The van der Waals surface area contributed by atoms with Gasteiger partial charge in [0.1, 0.15) is 0 Å². The summed E-state index contributed by atoms with van der Waals surface area (Å²) >= 11 is 1.74. The van der Waals surface area contributed by atoms with Gasteiger partial charge in [-0.3, -0.25) is 4.79 Å². The van der Waals surface area contributed by atoms with Gasteiger partial charge < -0.3 is 14.3 Å². The third kappa shape index (κ3) is 3.67. The summed E-state index contributed by atoms with van der Waals surface area (Å²) in [6.07, 6.45) is 1.97. The first-order chi connectivity index (χ1) is 15.4. The minimum absolute atomic E-state index is 0.000336. The Morgan fingerprint density at radius 3 is 2.52 bits per heavy atom. The van der Waals surface area contributed by atoms with Crippen LogP contribution >= 0.6 is 11.8 Å². The van der Waals surface area contributed by atoms with Crippen molar-refractivity contribution in [1.82, 2.24) is 0 Å². The second-order valence-corrected chi connectivity index (χ2v) is 17.9. The molecular weight excluding hydrogens is 448 g/mol. The fourth-order valence-electron chi connectivity index (χ4n) is 6.51. The number of aliphatic hydroxyl groups is 1. The molecule has 0 aliphatic heterocycles. The van der Waals surface area contributed by atoms with Gasteiger partial charge >= 0.3 is 5.97 Å². The van der Waals surface area contributed by atoms with E-state index in [2.05, 4.69) is 52.6 Å². The molecule has 4 nitrogen and oxygen atoms in total. The summed E-state index contributed by atoms with van der Waals surface area (Å²) in [6, 6.07) is 10.3. The van der Waals surface area contributed by atoms with Crippen molar-refractivity contribution < 1.29 is 19.1 Å². The number of hydrogen-bond acceptors (Lipinski definition) is 5. The van der Waals surface area contributed by atoms with Gasteiger partial charge in [-0.15, -0.1) is 11.8 Å². The predicted octanol–water partition coefficient (Wildman–Crippen LogP) is 6.07. The summed E-state index contributed by atoms with van der Waals surface area (Å²) in [5.74, 6) is -0.260. The van der Waals surface area contributed by atoms with Gasteiger partial charge in [-0.05, 0) is 68.3 Å². The Labute approximate surface area is 204 Å². The molecule has 4 aliphatic carbocycles. The molecule has 4 bridgehead atoms. The Bertz CT molecular complexity index is 910. The van der Waals surface area contributed by atoms with E-state index in [-0.39, 0.29) is 28.8 Å². The molecule has 1 unspecified atom stereocenters. The number of hydrogen-bond donors (Lipinski definition) is 1. The molecule has 0 aromatic heterocycles. The zero-order valence-corrected chi connectivity index (χ0v) is 22.8. The van der Waals surface area contributed by atoms with Gasteiger partial charge in [0, 0.05) is 17.4 Å². The molecule has 182 valence electrons. The van der Waals surface area contributed by atoms with E-state index in [1.807, 2.05) is 25.1 Å². The number of ether oxygens (including phenoxy) is 1. The number of carbonyl (C=O) groups excluding carboxylic acids is 1. The van der Waals surface area contributed by atoms with Crippen molar-refractivity contribution in [2.75, 3.05) is 13.2 Å². The predicted molar refractivity (Wildman–Crippen MR) is 137 cm³/mol. The van der Waals surface area contributed by atoms with Crippen LogP contribution in [-0.4, -0.2) is 43.5 Å². The lowest BCUT2D eigenvalue weighted by Gasteiger charge is -2.60. The maximum atomic E-state index is 13.8. The molecule has 6 heteroatoms. The van der Waals surface area contributed by atoms with Gasteiger partial charge in [-0.2, -0.15) is 0 Å². The van der Waals surface area contributed by atoms with Crippen LogP contribution in [0.25, 0.3) is 0 Å². The Morgan fingerprint density at radius 1 is 1.24 bits per heavy atom. The standard InChI is InChI=1S/C27H40O4SSi/c1-8-30-24(29)27-18(2)16-26(32-19-12-10-9-11-13-19)22(27)15-14-20(23(26)28)21(27)17-31-33(6,7)25(3,4)5/h9-13,20-23,28H,2,8,14-17H2,1,3-7H3/t20-,21-,22-,23?,26+,27+/m0/s1. The van der Waals surface area contributed by atoms with Crippen molar-refractivity contribution in [3.05, 3.63) is 42.5 Å². The second-order valence-electron chi connectivity index (χ2n) is 11.7. The zero-order valence-electron chi connectivity index (χ0n) is 21.0. The normalized spacial score (nSPS) is 35.7. The number of esters is 1. The van der Waals surface area contributed by atoms with Crippen molar-refractivity contribution in [3.8, 4) is 0 Å². The van der Waals surface area contributed by atoms with Crippen molar-refractivity contribution in [2.24, 2.45) is 23.2 Å². The lowest BCUT2D eigenvalue weighted by molar-refractivity contribution is -0.182. The van der Waals surface area contributed by atoms with Crippen LogP contribution in [0.2, 0.25) is 18.1 Å². The van der Waals surface area contributed by atoms with Gasteiger partial charge in [-0.1, -0.05) is 51.1 Å². The molecule has 1 aromatic rings. The third-order valence-electron chi connectivity index (χ3n) is 9.10. The molecule has 6 atom stereocenters. The fraction of sp³-hybridized carbons (Fsp3) is 0.667. The molecule has 1 N–H and O–H groups in total. The van der Waals surface area contributed by atoms with E-state index in [0.717, 1.165) is 23.3 Å². The number of thioether (sulfide) groups is 1. The molecule has 0 radical (unpaired) electrons. The molecule has 0 heterocycles.